The molecule has 0 aliphatic heterocycles. The van der Waals surface area contributed by atoms with E-state index in [-0.39, 0.29) is 0 Å². The monoisotopic (exact) mass is 301 g/mol. The van der Waals surface area contributed by atoms with Gasteiger partial charge in [0.05, 0.1) is 0 Å². The van der Waals surface area contributed by atoms with Gasteiger partial charge < -0.3 is 5.32 Å². The molecule has 2 atom stereocenters. The molecule has 1 aromatic rings. The van der Waals surface area contributed by atoms with E-state index in [2.05, 4.69) is 34.2 Å². The van der Waals surface area contributed by atoms with Gasteiger partial charge in [0.1, 0.15) is 0 Å². The van der Waals surface area contributed by atoms with E-state index in [0.717, 1.165) is 28.0 Å². The molecule has 1 nitrogen and oxygen atoms in total. The van der Waals surface area contributed by atoms with Gasteiger partial charge in [0.2, 0.25) is 0 Å². The Hall–Kier alpha value is -0.0500. The van der Waals surface area contributed by atoms with E-state index >= 15 is 0 Å². The van der Waals surface area contributed by atoms with Crippen molar-refractivity contribution in [3.63, 3.8) is 0 Å². The smallest absolute Gasteiger partial charge is 0.0462 e. The average Bonchev–Trinajstić information content (AvgIpc) is 2.96. The maximum absolute atomic E-state index is 6.16. The topological polar surface area (TPSA) is 12.0 Å². The van der Waals surface area contributed by atoms with Gasteiger partial charge in [0.15, 0.2) is 0 Å². The second-order valence-electron chi connectivity index (χ2n) is 4.51. The molecular formula is C13H17BrClN. The molecule has 0 saturated heterocycles. The molecule has 1 saturated carbocycles. The summed E-state index contributed by atoms with van der Waals surface area (Å²) in [5.41, 5.74) is 1.19. The Labute approximate surface area is 111 Å². The molecule has 1 N–H and O–H groups in total. The van der Waals surface area contributed by atoms with Crippen LogP contribution in [0.2, 0.25) is 5.02 Å². The van der Waals surface area contributed by atoms with E-state index in [1.807, 2.05) is 12.1 Å². The molecule has 1 aliphatic carbocycles. The van der Waals surface area contributed by atoms with Crippen molar-refractivity contribution in [1.29, 1.82) is 0 Å². The third-order valence-corrected chi connectivity index (χ3v) is 4.00. The zero-order chi connectivity index (χ0) is 11.5. The number of benzene rings is 1. The van der Waals surface area contributed by atoms with Gasteiger partial charge in [0.25, 0.3) is 0 Å². The van der Waals surface area contributed by atoms with E-state index in [0.29, 0.717) is 0 Å². The van der Waals surface area contributed by atoms with Gasteiger partial charge in [-0.2, -0.15) is 0 Å². The van der Waals surface area contributed by atoms with E-state index in [1.165, 1.54) is 24.8 Å². The third kappa shape index (κ3) is 3.22. The summed E-state index contributed by atoms with van der Waals surface area (Å²) in [5, 5.41) is 4.41. The van der Waals surface area contributed by atoms with Crippen LogP contribution in [0.3, 0.4) is 0 Å². The van der Waals surface area contributed by atoms with Crippen molar-refractivity contribution in [2.45, 2.75) is 38.8 Å². The Balaban J connectivity index is 1.82. The minimum Gasteiger partial charge on any atom is -0.310 e. The van der Waals surface area contributed by atoms with E-state index in [1.54, 1.807) is 0 Å². The predicted molar refractivity (Wildman–Crippen MR) is 72.8 cm³/mol. The Bertz CT molecular complexity index is 367. The summed E-state index contributed by atoms with van der Waals surface area (Å²) in [6.07, 6.45) is 3.98. The molecule has 16 heavy (non-hydrogen) atoms. The van der Waals surface area contributed by atoms with Gasteiger partial charge in [-0.3, -0.25) is 0 Å². The predicted octanol–water partition coefficient (Wildman–Crippen LogP) is 4.38. The number of hydrogen-bond donors (Lipinski definition) is 1. The first-order chi connectivity index (χ1) is 7.70. The van der Waals surface area contributed by atoms with Crippen LogP contribution >= 0.6 is 27.5 Å². The number of nitrogens with one attached hydrogen (secondary N) is 1. The molecule has 0 spiro atoms. The molecule has 0 heterocycles. The van der Waals surface area contributed by atoms with Gasteiger partial charge in [0, 0.05) is 22.1 Å². The summed E-state index contributed by atoms with van der Waals surface area (Å²) in [4.78, 5) is 0. The van der Waals surface area contributed by atoms with Crippen molar-refractivity contribution in [3.05, 3.63) is 33.3 Å². The first kappa shape index (κ1) is 12.4. The highest BCUT2D eigenvalue weighted by Gasteiger charge is 2.35. The highest BCUT2D eigenvalue weighted by Crippen LogP contribution is 2.35. The van der Waals surface area contributed by atoms with Crippen molar-refractivity contribution in [3.8, 4) is 0 Å². The minimum absolute atomic E-state index is 0.722. The molecule has 0 amide bonds. The van der Waals surface area contributed by atoms with Crippen LogP contribution < -0.4 is 5.32 Å². The lowest BCUT2D eigenvalue weighted by Crippen LogP contribution is -2.17. The molecule has 1 fully saturated rings. The van der Waals surface area contributed by atoms with Crippen LogP contribution in [0, 0.1) is 5.92 Å². The molecule has 1 aliphatic rings. The van der Waals surface area contributed by atoms with Crippen LogP contribution in [-0.2, 0) is 6.54 Å². The zero-order valence-electron chi connectivity index (χ0n) is 9.47. The zero-order valence-corrected chi connectivity index (χ0v) is 11.8. The van der Waals surface area contributed by atoms with Gasteiger partial charge in [-0.25, -0.2) is 0 Å². The molecule has 0 bridgehead atoms. The number of hydrogen-bond acceptors (Lipinski definition) is 1. The normalized spacial score (nSPS) is 23.4. The Morgan fingerprint density at radius 3 is 3.00 bits per heavy atom. The molecule has 2 rings (SSSR count). The summed E-state index contributed by atoms with van der Waals surface area (Å²) in [5.74, 6) is 0.902. The van der Waals surface area contributed by atoms with Crippen molar-refractivity contribution in [2.75, 3.05) is 0 Å². The lowest BCUT2D eigenvalue weighted by molar-refractivity contribution is 0.599. The van der Waals surface area contributed by atoms with E-state index in [4.69, 9.17) is 11.6 Å². The fourth-order valence-electron chi connectivity index (χ4n) is 2.09. The van der Waals surface area contributed by atoms with Crippen molar-refractivity contribution < 1.29 is 0 Å². The second kappa shape index (κ2) is 5.52. The molecule has 0 radical (unpaired) electrons. The maximum atomic E-state index is 6.16. The second-order valence-corrected chi connectivity index (χ2v) is 5.83. The summed E-state index contributed by atoms with van der Waals surface area (Å²) in [7, 11) is 0. The van der Waals surface area contributed by atoms with Crippen LogP contribution in [0.4, 0.5) is 0 Å². The lowest BCUT2D eigenvalue weighted by atomic mass is 10.2. The lowest BCUT2D eigenvalue weighted by Gasteiger charge is -2.06. The van der Waals surface area contributed by atoms with Crippen LogP contribution in [0.15, 0.2) is 22.7 Å². The Morgan fingerprint density at radius 1 is 1.50 bits per heavy atom. The van der Waals surface area contributed by atoms with Gasteiger partial charge in [-0.1, -0.05) is 46.9 Å². The highest BCUT2D eigenvalue weighted by atomic mass is 79.9. The van der Waals surface area contributed by atoms with E-state index in [9.17, 15) is 0 Å². The van der Waals surface area contributed by atoms with Gasteiger partial charge in [-0.15, -0.1) is 0 Å². The average molecular weight is 303 g/mol. The van der Waals surface area contributed by atoms with Gasteiger partial charge in [-0.05, 0) is 36.5 Å². The fourth-order valence-corrected chi connectivity index (χ4v) is 2.83. The minimum atomic E-state index is 0.722. The molecule has 0 aromatic heterocycles. The van der Waals surface area contributed by atoms with Crippen molar-refractivity contribution in [2.24, 2.45) is 5.92 Å². The molecule has 2 unspecified atom stereocenters. The standard InChI is InChI=1S/C13H17BrClN/c1-2-3-9-6-13(9)16-8-10-4-5-11(14)7-12(10)15/h4-5,7,9,13,16H,2-3,6,8H2,1H3. The summed E-state index contributed by atoms with van der Waals surface area (Å²) < 4.78 is 1.04. The van der Waals surface area contributed by atoms with Crippen LogP contribution in [-0.4, -0.2) is 6.04 Å². The van der Waals surface area contributed by atoms with Crippen LogP contribution in [0.5, 0.6) is 0 Å². The first-order valence-electron chi connectivity index (χ1n) is 5.88. The summed E-state index contributed by atoms with van der Waals surface area (Å²) in [6.45, 7) is 3.14. The Morgan fingerprint density at radius 2 is 2.31 bits per heavy atom. The number of rotatable bonds is 5. The van der Waals surface area contributed by atoms with E-state index < -0.39 is 0 Å². The largest absolute Gasteiger partial charge is 0.310 e. The summed E-state index contributed by atoms with van der Waals surface area (Å²) >= 11 is 9.57. The van der Waals surface area contributed by atoms with Gasteiger partial charge >= 0.3 is 0 Å². The molecular weight excluding hydrogens is 286 g/mol. The van der Waals surface area contributed by atoms with Crippen LogP contribution in [0.1, 0.15) is 31.7 Å². The van der Waals surface area contributed by atoms with Crippen molar-refractivity contribution >= 4 is 27.5 Å². The molecule has 3 heteroatoms. The molecule has 1 aromatic carbocycles. The fraction of sp³-hybridized carbons (Fsp3) is 0.538. The van der Waals surface area contributed by atoms with Crippen molar-refractivity contribution in [1.82, 2.24) is 5.32 Å². The Kier molecular flexibility index (Phi) is 4.28. The number of halogens is 2. The van der Waals surface area contributed by atoms with Crippen LogP contribution in [0.25, 0.3) is 0 Å². The third-order valence-electron chi connectivity index (χ3n) is 3.15. The first-order valence-corrected chi connectivity index (χ1v) is 7.05. The summed E-state index contributed by atoms with van der Waals surface area (Å²) in [6, 6.07) is 6.80. The maximum Gasteiger partial charge on any atom is 0.0462 e. The molecule has 88 valence electrons. The highest BCUT2D eigenvalue weighted by molar-refractivity contribution is 9.10. The quantitative estimate of drug-likeness (QED) is 0.851. The SMILES string of the molecule is CCCC1CC1NCc1ccc(Br)cc1Cl.